The SMILES string of the molecule is CCN(CCOC)CC(N)c1ccc(C(C)C)cc1. The van der Waals surface area contributed by atoms with E-state index in [0.717, 1.165) is 26.2 Å². The van der Waals surface area contributed by atoms with Crippen LogP contribution in [0.4, 0.5) is 0 Å². The molecule has 1 atom stereocenters. The third-order valence-electron chi connectivity index (χ3n) is 3.55. The van der Waals surface area contributed by atoms with Crippen molar-refractivity contribution in [1.29, 1.82) is 0 Å². The van der Waals surface area contributed by atoms with Crippen molar-refractivity contribution in [3.05, 3.63) is 35.4 Å². The molecule has 0 saturated heterocycles. The standard InChI is InChI=1S/C16H28N2O/c1-5-18(10-11-19-4)12-16(17)15-8-6-14(7-9-15)13(2)3/h6-9,13,16H,5,10-12,17H2,1-4H3. The van der Waals surface area contributed by atoms with Crippen LogP contribution in [-0.2, 0) is 4.74 Å². The third-order valence-corrected chi connectivity index (χ3v) is 3.55. The monoisotopic (exact) mass is 264 g/mol. The Kier molecular flexibility index (Phi) is 7.06. The summed E-state index contributed by atoms with van der Waals surface area (Å²) in [6, 6.07) is 8.75. The number of ether oxygens (including phenoxy) is 1. The molecule has 0 aromatic heterocycles. The fourth-order valence-electron chi connectivity index (χ4n) is 2.11. The minimum atomic E-state index is 0.0676. The highest BCUT2D eigenvalue weighted by Crippen LogP contribution is 2.18. The molecule has 1 rings (SSSR count). The van der Waals surface area contributed by atoms with Crippen LogP contribution in [0.25, 0.3) is 0 Å². The van der Waals surface area contributed by atoms with Crippen LogP contribution in [0.15, 0.2) is 24.3 Å². The van der Waals surface area contributed by atoms with Crippen LogP contribution in [0.3, 0.4) is 0 Å². The summed E-state index contributed by atoms with van der Waals surface area (Å²) < 4.78 is 5.12. The maximum atomic E-state index is 6.29. The Morgan fingerprint density at radius 2 is 1.74 bits per heavy atom. The topological polar surface area (TPSA) is 38.5 Å². The normalized spacial score (nSPS) is 13.2. The fraction of sp³-hybridized carbons (Fsp3) is 0.625. The van der Waals surface area contributed by atoms with E-state index in [9.17, 15) is 0 Å². The largest absolute Gasteiger partial charge is 0.383 e. The van der Waals surface area contributed by atoms with Crippen LogP contribution >= 0.6 is 0 Å². The van der Waals surface area contributed by atoms with Gasteiger partial charge in [-0.1, -0.05) is 45.0 Å². The van der Waals surface area contributed by atoms with E-state index in [2.05, 4.69) is 49.9 Å². The smallest absolute Gasteiger partial charge is 0.0589 e. The minimum Gasteiger partial charge on any atom is -0.383 e. The fourth-order valence-corrected chi connectivity index (χ4v) is 2.11. The van der Waals surface area contributed by atoms with Gasteiger partial charge in [-0.25, -0.2) is 0 Å². The molecule has 0 bridgehead atoms. The molecule has 108 valence electrons. The first-order valence-corrected chi connectivity index (χ1v) is 7.15. The van der Waals surface area contributed by atoms with E-state index in [1.807, 2.05) is 0 Å². The van der Waals surface area contributed by atoms with Gasteiger partial charge in [-0.2, -0.15) is 0 Å². The van der Waals surface area contributed by atoms with Crippen LogP contribution in [0.5, 0.6) is 0 Å². The Hall–Kier alpha value is -0.900. The van der Waals surface area contributed by atoms with E-state index < -0.39 is 0 Å². The molecule has 1 aromatic rings. The molecular weight excluding hydrogens is 236 g/mol. The molecule has 0 radical (unpaired) electrons. The van der Waals surface area contributed by atoms with Gasteiger partial charge in [-0.15, -0.1) is 0 Å². The van der Waals surface area contributed by atoms with Crippen molar-refractivity contribution in [3.8, 4) is 0 Å². The van der Waals surface area contributed by atoms with E-state index in [0.29, 0.717) is 5.92 Å². The lowest BCUT2D eigenvalue weighted by Gasteiger charge is -2.24. The molecule has 2 N–H and O–H groups in total. The van der Waals surface area contributed by atoms with Crippen LogP contribution in [0.1, 0.15) is 43.9 Å². The minimum absolute atomic E-state index is 0.0676. The van der Waals surface area contributed by atoms with Gasteiger partial charge in [0, 0.05) is 26.2 Å². The first-order chi connectivity index (χ1) is 9.08. The van der Waals surface area contributed by atoms with Crippen molar-refractivity contribution in [3.63, 3.8) is 0 Å². The summed E-state index contributed by atoms with van der Waals surface area (Å²) in [5.41, 5.74) is 8.86. The van der Waals surface area contributed by atoms with Crippen molar-refractivity contribution in [2.75, 3.05) is 33.4 Å². The number of hydrogen-bond acceptors (Lipinski definition) is 3. The molecule has 0 fully saturated rings. The number of hydrogen-bond donors (Lipinski definition) is 1. The Morgan fingerprint density at radius 3 is 2.21 bits per heavy atom. The van der Waals surface area contributed by atoms with E-state index in [-0.39, 0.29) is 6.04 Å². The zero-order valence-electron chi connectivity index (χ0n) is 12.7. The molecule has 1 aromatic carbocycles. The molecule has 0 saturated carbocycles. The van der Waals surface area contributed by atoms with Gasteiger partial charge in [-0.3, -0.25) is 4.90 Å². The number of nitrogens with zero attached hydrogens (tertiary/aromatic N) is 1. The second-order valence-electron chi connectivity index (χ2n) is 5.31. The Labute approximate surface area is 117 Å². The zero-order chi connectivity index (χ0) is 14.3. The molecular formula is C16H28N2O. The predicted molar refractivity (Wildman–Crippen MR) is 81.4 cm³/mol. The summed E-state index contributed by atoms with van der Waals surface area (Å²) in [6.45, 7) is 10.1. The highest BCUT2D eigenvalue weighted by atomic mass is 16.5. The Balaban J connectivity index is 2.58. The third kappa shape index (κ3) is 5.31. The van der Waals surface area contributed by atoms with E-state index in [4.69, 9.17) is 10.5 Å². The summed E-state index contributed by atoms with van der Waals surface area (Å²) in [6.07, 6.45) is 0. The summed E-state index contributed by atoms with van der Waals surface area (Å²) in [5, 5.41) is 0. The Bertz CT molecular complexity index is 348. The van der Waals surface area contributed by atoms with Gasteiger partial charge < -0.3 is 10.5 Å². The number of benzene rings is 1. The summed E-state index contributed by atoms with van der Waals surface area (Å²) in [4.78, 5) is 2.32. The summed E-state index contributed by atoms with van der Waals surface area (Å²) in [7, 11) is 1.73. The van der Waals surface area contributed by atoms with Gasteiger partial charge >= 0.3 is 0 Å². The summed E-state index contributed by atoms with van der Waals surface area (Å²) in [5.74, 6) is 0.569. The molecule has 0 heterocycles. The highest BCUT2D eigenvalue weighted by molar-refractivity contribution is 5.26. The van der Waals surface area contributed by atoms with Gasteiger partial charge in [0.05, 0.1) is 6.61 Å². The average molecular weight is 264 g/mol. The van der Waals surface area contributed by atoms with Crippen LogP contribution in [-0.4, -0.2) is 38.3 Å². The molecule has 0 amide bonds. The second-order valence-corrected chi connectivity index (χ2v) is 5.31. The molecule has 19 heavy (non-hydrogen) atoms. The van der Waals surface area contributed by atoms with E-state index >= 15 is 0 Å². The van der Waals surface area contributed by atoms with Gasteiger partial charge in [0.15, 0.2) is 0 Å². The first kappa shape index (κ1) is 16.2. The predicted octanol–water partition coefficient (Wildman–Crippen LogP) is 2.78. The van der Waals surface area contributed by atoms with Crippen LogP contribution in [0, 0.1) is 0 Å². The van der Waals surface area contributed by atoms with E-state index in [1.54, 1.807) is 7.11 Å². The quantitative estimate of drug-likeness (QED) is 0.784. The molecule has 0 aliphatic heterocycles. The van der Waals surface area contributed by atoms with Crippen molar-refractivity contribution >= 4 is 0 Å². The van der Waals surface area contributed by atoms with Crippen molar-refractivity contribution in [1.82, 2.24) is 4.90 Å². The lowest BCUT2D eigenvalue weighted by Crippen LogP contribution is -2.34. The lowest BCUT2D eigenvalue weighted by atomic mass is 9.99. The zero-order valence-corrected chi connectivity index (χ0v) is 12.7. The van der Waals surface area contributed by atoms with Crippen molar-refractivity contribution < 1.29 is 4.74 Å². The first-order valence-electron chi connectivity index (χ1n) is 7.15. The maximum absolute atomic E-state index is 6.29. The highest BCUT2D eigenvalue weighted by Gasteiger charge is 2.11. The molecule has 0 spiro atoms. The van der Waals surface area contributed by atoms with Crippen molar-refractivity contribution in [2.45, 2.75) is 32.7 Å². The van der Waals surface area contributed by atoms with Gasteiger partial charge in [0.1, 0.15) is 0 Å². The molecule has 3 heteroatoms. The van der Waals surface area contributed by atoms with Crippen LogP contribution < -0.4 is 5.73 Å². The van der Waals surface area contributed by atoms with E-state index in [1.165, 1.54) is 11.1 Å². The number of nitrogens with two attached hydrogens (primary N) is 1. The van der Waals surface area contributed by atoms with Gasteiger partial charge in [0.2, 0.25) is 0 Å². The number of likely N-dealkylation sites (N-methyl/N-ethyl adjacent to an activating group) is 1. The van der Waals surface area contributed by atoms with Gasteiger partial charge in [0.25, 0.3) is 0 Å². The second kappa shape index (κ2) is 8.31. The summed E-state index contributed by atoms with van der Waals surface area (Å²) >= 11 is 0. The van der Waals surface area contributed by atoms with Crippen LogP contribution in [0.2, 0.25) is 0 Å². The average Bonchev–Trinajstić information content (AvgIpc) is 2.43. The number of rotatable bonds is 8. The molecule has 0 aliphatic carbocycles. The maximum Gasteiger partial charge on any atom is 0.0589 e. The molecule has 0 aliphatic rings. The lowest BCUT2D eigenvalue weighted by molar-refractivity contribution is 0.147. The Morgan fingerprint density at radius 1 is 1.16 bits per heavy atom. The number of methoxy groups -OCH3 is 1. The van der Waals surface area contributed by atoms with Crippen molar-refractivity contribution in [2.24, 2.45) is 5.73 Å². The molecule has 1 unspecified atom stereocenters. The molecule has 3 nitrogen and oxygen atoms in total. The van der Waals surface area contributed by atoms with Gasteiger partial charge in [-0.05, 0) is 23.6 Å².